The molecule has 7 nitrogen and oxygen atoms in total. The molecule has 0 N–H and O–H groups in total. The van der Waals surface area contributed by atoms with Crippen molar-refractivity contribution in [2.75, 3.05) is 14.2 Å². The summed E-state index contributed by atoms with van der Waals surface area (Å²) in [6, 6.07) is 13.2. The molecule has 0 aliphatic carbocycles. The van der Waals surface area contributed by atoms with Gasteiger partial charge in [0, 0.05) is 10.9 Å². The summed E-state index contributed by atoms with van der Waals surface area (Å²) >= 11 is 0. The number of carbonyl (C=O) groups excluding carboxylic acids is 2. The molecule has 7 heteroatoms. The van der Waals surface area contributed by atoms with Crippen molar-refractivity contribution in [1.82, 2.24) is 0 Å². The Hall–Kier alpha value is -4.00. The van der Waals surface area contributed by atoms with Crippen molar-refractivity contribution in [2.24, 2.45) is 0 Å². The third-order valence-electron chi connectivity index (χ3n) is 5.27. The van der Waals surface area contributed by atoms with Gasteiger partial charge in [-0.3, -0.25) is 0 Å². The fraction of sp³-hybridized carbons (Fsp3) is 0.259. The van der Waals surface area contributed by atoms with Gasteiger partial charge in [0.05, 0.1) is 19.8 Å². The van der Waals surface area contributed by atoms with Crippen LogP contribution in [0.2, 0.25) is 0 Å². The van der Waals surface area contributed by atoms with Gasteiger partial charge in [0.25, 0.3) is 0 Å². The van der Waals surface area contributed by atoms with Gasteiger partial charge in [0.1, 0.15) is 18.0 Å². The molecule has 176 valence electrons. The lowest BCUT2D eigenvalue weighted by molar-refractivity contribution is 0.0206. The number of rotatable bonds is 5. The first-order valence-corrected chi connectivity index (χ1v) is 10.8. The van der Waals surface area contributed by atoms with E-state index in [0.29, 0.717) is 39.0 Å². The lowest BCUT2D eigenvalue weighted by Crippen LogP contribution is -2.26. The Balaban J connectivity index is 1.98. The van der Waals surface area contributed by atoms with E-state index < -0.39 is 17.7 Å². The molecule has 3 aromatic carbocycles. The molecule has 1 heterocycles. The quantitative estimate of drug-likeness (QED) is 0.261. The van der Waals surface area contributed by atoms with Crippen molar-refractivity contribution in [1.29, 1.82) is 0 Å². The highest BCUT2D eigenvalue weighted by atomic mass is 16.7. The van der Waals surface area contributed by atoms with Crippen LogP contribution in [-0.2, 0) is 16.1 Å². The zero-order valence-corrected chi connectivity index (χ0v) is 19.8. The van der Waals surface area contributed by atoms with Crippen LogP contribution >= 0.6 is 0 Å². The predicted octanol–water partition coefficient (Wildman–Crippen LogP) is 6.01. The number of hydrogen-bond acceptors (Lipinski definition) is 7. The maximum Gasteiger partial charge on any atom is 0.514 e. The Morgan fingerprint density at radius 1 is 0.971 bits per heavy atom. The number of ether oxygens (including phenoxy) is 5. The largest absolute Gasteiger partial charge is 0.514 e. The molecule has 0 aromatic heterocycles. The van der Waals surface area contributed by atoms with E-state index in [0.717, 1.165) is 5.56 Å². The van der Waals surface area contributed by atoms with Gasteiger partial charge in [-0.2, -0.15) is 0 Å². The molecule has 0 atom stereocenters. The van der Waals surface area contributed by atoms with Gasteiger partial charge in [0.15, 0.2) is 11.5 Å². The van der Waals surface area contributed by atoms with Crippen LogP contribution in [0.15, 0.2) is 42.5 Å². The zero-order valence-electron chi connectivity index (χ0n) is 19.8. The molecule has 0 amide bonds. The zero-order chi connectivity index (χ0) is 24.5. The van der Waals surface area contributed by atoms with Gasteiger partial charge in [-0.05, 0) is 49.4 Å². The van der Waals surface area contributed by atoms with Gasteiger partial charge < -0.3 is 23.7 Å². The SMILES string of the molecule is COc1cc2c(/C=C/c3ccccc3)c3c(c(OC(=O)OC(C)(C)C)c2cc1OC)COC3=O. The Bertz CT molecular complexity index is 1280. The number of hydrogen-bond donors (Lipinski definition) is 0. The molecule has 0 saturated carbocycles. The molecule has 0 spiro atoms. The Morgan fingerprint density at radius 3 is 2.24 bits per heavy atom. The Kier molecular flexibility index (Phi) is 6.20. The summed E-state index contributed by atoms with van der Waals surface area (Å²) in [7, 11) is 3.05. The monoisotopic (exact) mass is 462 g/mol. The summed E-state index contributed by atoms with van der Waals surface area (Å²) < 4.78 is 27.4. The van der Waals surface area contributed by atoms with E-state index in [9.17, 15) is 9.59 Å². The van der Waals surface area contributed by atoms with Crippen LogP contribution in [-0.4, -0.2) is 31.9 Å². The molecular weight excluding hydrogens is 436 g/mol. The molecule has 0 bridgehead atoms. The van der Waals surface area contributed by atoms with Crippen molar-refractivity contribution in [3.8, 4) is 17.2 Å². The minimum absolute atomic E-state index is 0.0250. The highest BCUT2D eigenvalue weighted by Crippen LogP contribution is 2.45. The van der Waals surface area contributed by atoms with Crippen LogP contribution in [0.3, 0.4) is 0 Å². The van der Waals surface area contributed by atoms with E-state index in [-0.39, 0.29) is 12.4 Å². The Labute approximate surface area is 197 Å². The Morgan fingerprint density at radius 2 is 1.62 bits per heavy atom. The molecule has 0 unspecified atom stereocenters. The number of methoxy groups -OCH3 is 2. The summed E-state index contributed by atoms with van der Waals surface area (Å²) in [6.45, 7) is 5.21. The van der Waals surface area contributed by atoms with E-state index in [2.05, 4.69) is 0 Å². The summed E-state index contributed by atoms with van der Waals surface area (Å²) in [6.07, 6.45) is 2.88. The van der Waals surface area contributed by atoms with E-state index in [1.54, 1.807) is 32.9 Å². The highest BCUT2D eigenvalue weighted by Gasteiger charge is 2.33. The number of carbonyl (C=O) groups is 2. The second kappa shape index (κ2) is 9.09. The summed E-state index contributed by atoms with van der Waals surface area (Å²) in [5, 5.41) is 1.20. The lowest BCUT2D eigenvalue weighted by atomic mass is 9.93. The maximum atomic E-state index is 12.8. The molecule has 1 aliphatic heterocycles. The van der Waals surface area contributed by atoms with Crippen LogP contribution in [0.25, 0.3) is 22.9 Å². The van der Waals surface area contributed by atoms with Crippen molar-refractivity contribution in [3.05, 3.63) is 64.7 Å². The van der Waals surface area contributed by atoms with Crippen molar-refractivity contribution in [2.45, 2.75) is 33.0 Å². The summed E-state index contributed by atoms with van der Waals surface area (Å²) in [4.78, 5) is 25.4. The van der Waals surface area contributed by atoms with E-state index >= 15 is 0 Å². The molecule has 34 heavy (non-hydrogen) atoms. The number of fused-ring (bicyclic) bond motifs is 2. The van der Waals surface area contributed by atoms with Gasteiger partial charge in [-0.15, -0.1) is 0 Å². The minimum atomic E-state index is -0.877. The smallest absolute Gasteiger partial charge is 0.493 e. The molecule has 3 aromatic rings. The van der Waals surface area contributed by atoms with Crippen LogP contribution in [0.1, 0.15) is 47.8 Å². The van der Waals surface area contributed by atoms with Gasteiger partial charge in [-0.25, -0.2) is 9.59 Å². The fourth-order valence-corrected chi connectivity index (χ4v) is 3.83. The topological polar surface area (TPSA) is 80.3 Å². The first kappa shape index (κ1) is 23.2. The lowest BCUT2D eigenvalue weighted by Gasteiger charge is -2.21. The average molecular weight is 462 g/mol. The standard InChI is InChI=1S/C27H26O7/c1-27(2,3)34-26(29)33-24-19-14-22(31-5)21(30-4)13-18(19)17(23-20(24)15-32-25(23)28)12-11-16-9-7-6-8-10-16/h6-14H,15H2,1-5H3/b12-11+. The molecule has 0 fully saturated rings. The molecule has 4 rings (SSSR count). The van der Waals surface area contributed by atoms with Crippen molar-refractivity contribution < 1.29 is 33.3 Å². The summed E-state index contributed by atoms with van der Waals surface area (Å²) in [5.74, 6) is 0.627. The second-order valence-electron chi connectivity index (χ2n) is 8.74. The minimum Gasteiger partial charge on any atom is -0.493 e. The highest BCUT2D eigenvalue weighted by molar-refractivity contribution is 6.10. The number of cyclic esters (lactones) is 1. The predicted molar refractivity (Wildman–Crippen MR) is 128 cm³/mol. The third kappa shape index (κ3) is 4.55. The summed E-state index contributed by atoms with van der Waals surface area (Å²) in [5.41, 5.74) is 1.66. The molecule has 0 saturated heterocycles. The average Bonchev–Trinajstić information content (AvgIpc) is 3.18. The third-order valence-corrected chi connectivity index (χ3v) is 5.27. The van der Waals surface area contributed by atoms with Crippen molar-refractivity contribution >= 4 is 35.0 Å². The van der Waals surface area contributed by atoms with Gasteiger partial charge in [-0.1, -0.05) is 42.5 Å². The van der Waals surface area contributed by atoms with Crippen LogP contribution < -0.4 is 14.2 Å². The van der Waals surface area contributed by atoms with Crippen molar-refractivity contribution in [3.63, 3.8) is 0 Å². The van der Waals surface area contributed by atoms with Gasteiger partial charge in [0.2, 0.25) is 0 Å². The second-order valence-corrected chi connectivity index (χ2v) is 8.74. The fourth-order valence-electron chi connectivity index (χ4n) is 3.83. The van der Waals surface area contributed by atoms with E-state index in [1.165, 1.54) is 14.2 Å². The molecular formula is C27H26O7. The van der Waals surface area contributed by atoms with Crippen LogP contribution in [0, 0.1) is 0 Å². The van der Waals surface area contributed by atoms with Crippen LogP contribution in [0.4, 0.5) is 4.79 Å². The van der Waals surface area contributed by atoms with Gasteiger partial charge >= 0.3 is 12.1 Å². The van der Waals surface area contributed by atoms with Crippen LogP contribution in [0.5, 0.6) is 17.2 Å². The van der Waals surface area contributed by atoms with E-state index in [1.807, 2.05) is 42.5 Å². The first-order valence-electron chi connectivity index (χ1n) is 10.8. The number of benzene rings is 3. The first-order chi connectivity index (χ1) is 16.2. The van der Waals surface area contributed by atoms with E-state index in [4.69, 9.17) is 23.7 Å². The maximum absolute atomic E-state index is 12.8. The normalized spacial score (nSPS) is 13.0. The molecule has 0 radical (unpaired) electrons. The molecule has 1 aliphatic rings. The number of esters is 1.